The van der Waals surface area contributed by atoms with Crippen LogP contribution in [0.2, 0.25) is 0 Å². The lowest BCUT2D eigenvalue weighted by molar-refractivity contribution is -0.146. The first-order valence-electron chi connectivity index (χ1n) is 15.6. The predicted molar refractivity (Wildman–Crippen MR) is 174 cm³/mol. The van der Waals surface area contributed by atoms with Crippen LogP contribution < -0.4 is 10.6 Å². The molecule has 0 radical (unpaired) electrons. The van der Waals surface area contributed by atoms with E-state index >= 15 is 0 Å². The molecule has 3 N–H and O–H groups in total. The number of amides is 4. The maximum Gasteiger partial charge on any atom is 0.246 e. The Morgan fingerprint density at radius 1 is 0.933 bits per heavy atom. The maximum atomic E-state index is 13.9. The second-order valence-electron chi connectivity index (χ2n) is 11.7. The number of aromatic nitrogens is 1. The van der Waals surface area contributed by atoms with Crippen molar-refractivity contribution >= 4 is 34.5 Å². The zero-order valence-corrected chi connectivity index (χ0v) is 26.1. The molecular weight excluding hydrogens is 566 g/mol. The SMILES string of the molecule is CCc1ccc(CN(C)C(=O)C(Cc2c[nH]c3ccccc23)NC(=O)CN2CC(=O)NC(Cc3ccccc3)C2=O)cc1CC. The lowest BCUT2D eigenvalue weighted by Crippen LogP contribution is -2.61. The van der Waals surface area contributed by atoms with Gasteiger partial charge >= 0.3 is 0 Å². The number of aryl methyl sites for hydroxylation is 2. The molecule has 4 aromatic rings. The highest BCUT2D eigenvalue weighted by Crippen LogP contribution is 2.21. The van der Waals surface area contributed by atoms with E-state index in [4.69, 9.17) is 0 Å². The van der Waals surface area contributed by atoms with E-state index in [0.717, 1.165) is 40.4 Å². The van der Waals surface area contributed by atoms with E-state index in [1.54, 1.807) is 11.9 Å². The second-order valence-corrected chi connectivity index (χ2v) is 11.7. The Bertz CT molecular complexity index is 1680. The molecule has 2 heterocycles. The smallest absolute Gasteiger partial charge is 0.246 e. The van der Waals surface area contributed by atoms with Gasteiger partial charge in [-0.3, -0.25) is 19.2 Å². The minimum Gasteiger partial charge on any atom is -0.361 e. The van der Waals surface area contributed by atoms with Crippen LogP contribution in [0, 0.1) is 0 Å². The largest absolute Gasteiger partial charge is 0.361 e. The molecule has 1 fully saturated rings. The second kappa shape index (κ2) is 14.2. The number of carbonyl (C=O) groups excluding carboxylic acids is 4. The molecule has 0 saturated carbocycles. The molecule has 0 bridgehead atoms. The number of nitrogens with zero attached hydrogens (tertiary/aromatic N) is 2. The number of benzene rings is 3. The molecular formula is C36H41N5O4. The van der Waals surface area contributed by atoms with Crippen molar-refractivity contribution in [1.29, 1.82) is 0 Å². The van der Waals surface area contributed by atoms with Gasteiger partial charge in [-0.15, -0.1) is 0 Å². The van der Waals surface area contributed by atoms with Gasteiger partial charge in [0.1, 0.15) is 25.2 Å². The third-order valence-corrected chi connectivity index (χ3v) is 8.46. The van der Waals surface area contributed by atoms with Crippen LogP contribution in [-0.2, 0) is 51.4 Å². The summed E-state index contributed by atoms with van der Waals surface area (Å²) in [4.78, 5) is 59.4. The number of fused-ring (bicyclic) bond motifs is 1. The molecule has 1 aliphatic heterocycles. The molecule has 2 atom stereocenters. The van der Waals surface area contributed by atoms with E-state index in [0.29, 0.717) is 13.0 Å². The number of hydrogen-bond donors (Lipinski definition) is 3. The van der Waals surface area contributed by atoms with Gasteiger partial charge < -0.3 is 25.4 Å². The number of H-pyrrole nitrogens is 1. The van der Waals surface area contributed by atoms with Crippen LogP contribution in [0.15, 0.2) is 79.0 Å². The molecule has 0 spiro atoms. The minimum absolute atomic E-state index is 0.216. The number of nitrogens with one attached hydrogen (secondary N) is 3. The topological polar surface area (TPSA) is 115 Å². The maximum absolute atomic E-state index is 13.9. The fourth-order valence-corrected chi connectivity index (χ4v) is 6.10. The van der Waals surface area contributed by atoms with Crippen molar-refractivity contribution in [3.8, 4) is 0 Å². The molecule has 234 valence electrons. The molecule has 4 amide bonds. The van der Waals surface area contributed by atoms with Crippen molar-refractivity contribution in [2.24, 2.45) is 0 Å². The van der Waals surface area contributed by atoms with Crippen molar-refractivity contribution in [3.63, 3.8) is 0 Å². The van der Waals surface area contributed by atoms with Crippen LogP contribution in [-0.4, -0.2) is 70.6 Å². The lowest BCUT2D eigenvalue weighted by atomic mass is 9.99. The zero-order valence-electron chi connectivity index (χ0n) is 26.1. The Morgan fingerprint density at radius 2 is 1.67 bits per heavy atom. The highest BCUT2D eigenvalue weighted by molar-refractivity contribution is 5.98. The summed E-state index contributed by atoms with van der Waals surface area (Å²) in [5.41, 5.74) is 6.33. The third-order valence-electron chi connectivity index (χ3n) is 8.46. The lowest BCUT2D eigenvalue weighted by Gasteiger charge is -2.32. The van der Waals surface area contributed by atoms with E-state index in [-0.39, 0.29) is 37.2 Å². The Kier molecular flexibility index (Phi) is 9.97. The summed E-state index contributed by atoms with van der Waals surface area (Å²) in [5.74, 6) is -1.39. The number of likely N-dealkylation sites (N-methyl/N-ethyl adjacent to an activating group) is 1. The van der Waals surface area contributed by atoms with Crippen LogP contribution in [0.25, 0.3) is 10.9 Å². The molecule has 3 aromatic carbocycles. The standard InChI is InChI=1S/C36H41N5O4/c1-4-26-16-15-25(17-27(26)5-2)21-40(3)35(44)32(19-28-20-37-30-14-10-9-13-29(28)30)39-34(43)23-41-22-33(42)38-31(36(41)45)18-24-11-7-6-8-12-24/h6-17,20,31-32,37H,4-5,18-19,21-23H2,1-3H3,(H,38,42)(H,39,43). The average Bonchev–Trinajstić information content (AvgIpc) is 3.45. The van der Waals surface area contributed by atoms with Gasteiger partial charge in [0.2, 0.25) is 23.6 Å². The fraction of sp³-hybridized carbons (Fsp3) is 0.333. The van der Waals surface area contributed by atoms with Crippen molar-refractivity contribution in [1.82, 2.24) is 25.4 Å². The monoisotopic (exact) mass is 607 g/mol. The van der Waals surface area contributed by atoms with Gasteiger partial charge in [0, 0.05) is 43.5 Å². The van der Waals surface area contributed by atoms with Crippen LogP contribution in [0.1, 0.15) is 41.7 Å². The first kappa shape index (κ1) is 31.5. The quantitative estimate of drug-likeness (QED) is 0.229. The number of aromatic amines is 1. The van der Waals surface area contributed by atoms with E-state index in [2.05, 4.69) is 41.6 Å². The van der Waals surface area contributed by atoms with Crippen LogP contribution in [0.4, 0.5) is 0 Å². The minimum atomic E-state index is -0.879. The molecule has 1 saturated heterocycles. The van der Waals surface area contributed by atoms with Gasteiger partial charge in [0.25, 0.3) is 0 Å². The summed E-state index contributed by atoms with van der Waals surface area (Å²) < 4.78 is 0. The van der Waals surface area contributed by atoms with Crippen LogP contribution in [0.3, 0.4) is 0 Å². The summed E-state index contributed by atoms with van der Waals surface area (Å²) in [6, 6.07) is 21.9. The van der Waals surface area contributed by atoms with E-state index in [1.165, 1.54) is 16.0 Å². The summed E-state index contributed by atoms with van der Waals surface area (Å²) >= 11 is 0. The Hall–Kier alpha value is -4.92. The number of carbonyl (C=O) groups is 4. The predicted octanol–water partition coefficient (Wildman–Crippen LogP) is 3.55. The van der Waals surface area contributed by atoms with Crippen LogP contribution in [0.5, 0.6) is 0 Å². The molecule has 1 aliphatic rings. The number of rotatable bonds is 12. The van der Waals surface area contributed by atoms with Gasteiger partial charge in [-0.2, -0.15) is 0 Å². The highest BCUT2D eigenvalue weighted by atomic mass is 16.2. The Labute approximate surface area is 264 Å². The van der Waals surface area contributed by atoms with Crippen molar-refractivity contribution < 1.29 is 19.2 Å². The average molecular weight is 608 g/mol. The van der Waals surface area contributed by atoms with E-state index < -0.39 is 18.0 Å². The van der Waals surface area contributed by atoms with Gasteiger partial charge in [-0.1, -0.05) is 80.6 Å². The van der Waals surface area contributed by atoms with Gasteiger partial charge in [0.15, 0.2) is 0 Å². The summed E-state index contributed by atoms with van der Waals surface area (Å²) in [6.07, 6.45) is 4.31. The Morgan fingerprint density at radius 3 is 2.42 bits per heavy atom. The fourth-order valence-electron chi connectivity index (χ4n) is 6.10. The Balaban J connectivity index is 1.32. The van der Waals surface area contributed by atoms with Crippen molar-refractivity contribution in [2.45, 2.75) is 58.2 Å². The number of para-hydroxylation sites is 1. The third kappa shape index (κ3) is 7.60. The summed E-state index contributed by atoms with van der Waals surface area (Å²) in [5, 5.41) is 6.63. The molecule has 5 rings (SSSR count). The molecule has 9 heteroatoms. The highest BCUT2D eigenvalue weighted by Gasteiger charge is 2.34. The zero-order chi connectivity index (χ0) is 31.9. The molecule has 1 aromatic heterocycles. The summed E-state index contributed by atoms with van der Waals surface area (Å²) in [7, 11) is 1.74. The van der Waals surface area contributed by atoms with E-state index in [9.17, 15) is 19.2 Å². The molecule has 45 heavy (non-hydrogen) atoms. The number of piperazine rings is 1. The van der Waals surface area contributed by atoms with E-state index in [1.807, 2.05) is 66.9 Å². The first-order chi connectivity index (χ1) is 21.7. The van der Waals surface area contributed by atoms with Gasteiger partial charge in [-0.05, 0) is 46.7 Å². The van der Waals surface area contributed by atoms with Crippen LogP contribution >= 0.6 is 0 Å². The van der Waals surface area contributed by atoms with Crippen molar-refractivity contribution in [2.75, 3.05) is 20.1 Å². The normalized spacial score (nSPS) is 15.5. The first-order valence-corrected chi connectivity index (χ1v) is 15.6. The molecule has 0 aliphatic carbocycles. The number of hydrogen-bond acceptors (Lipinski definition) is 4. The molecule has 2 unspecified atom stereocenters. The molecule has 9 nitrogen and oxygen atoms in total. The van der Waals surface area contributed by atoms with Gasteiger partial charge in [0.05, 0.1) is 0 Å². The van der Waals surface area contributed by atoms with Crippen molar-refractivity contribution in [3.05, 3.63) is 107 Å². The van der Waals surface area contributed by atoms with Gasteiger partial charge in [-0.25, -0.2) is 0 Å². The summed E-state index contributed by atoms with van der Waals surface area (Å²) in [6.45, 7) is 4.11.